The highest BCUT2D eigenvalue weighted by Crippen LogP contribution is 2.33. The van der Waals surface area contributed by atoms with Crippen LogP contribution in [0.15, 0.2) is 59.1 Å². The summed E-state index contributed by atoms with van der Waals surface area (Å²) in [6.45, 7) is 0.305. The maximum absolute atomic E-state index is 12.5. The largest absolute Gasteiger partial charge is 0.492 e. The Morgan fingerprint density at radius 2 is 2.00 bits per heavy atom. The van der Waals surface area contributed by atoms with Crippen molar-refractivity contribution in [2.24, 2.45) is 5.92 Å². The van der Waals surface area contributed by atoms with Crippen LogP contribution in [0.3, 0.4) is 0 Å². The van der Waals surface area contributed by atoms with Crippen LogP contribution in [0.4, 0.5) is 0 Å². The first-order valence-electron chi connectivity index (χ1n) is 7.83. The van der Waals surface area contributed by atoms with Gasteiger partial charge in [-0.05, 0) is 30.2 Å². The molecule has 0 saturated carbocycles. The number of carbonyl (C=O) groups is 1. The zero-order valence-electron chi connectivity index (χ0n) is 13.1. The highest BCUT2D eigenvalue weighted by Gasteiger charge is 2.30. The maximum atomic E-state index is 12.5. The molecule has 2 heterocycles. The summed E-state index contributed by atoms with van der Waals surface area (Å²) < 4.78 is 17.5. The summed E-state index contributed by atoms with van der Waals surface area (Å²) >= 11 is 1.99. The topological polar surface area (TPSA) is 61.6 Å². The predicted molar refractivity (Wildman–Crippen MR) is 99.2 cm³/mol. The van der Waals surface area contributed by atoms with Gasteiger partial charge in [-0.15, -0.1) is 0 Å². The first-order chi connectivity index (χ1) is 12.2. The molecule has 2 aromatic carbocycles. The Kier molecular flexibility index (Phi) is 4.44. The average Bonchev–Trinajstić information content (AvgIpc) is 3.08. The number of carbonyl (C=O) groups excluding carboxylic acids is 1. The predicted octanol–water partition coefficient (Wildman–Crippen LogP) is 4.51. The Bertz CT molecular complexity index is 907. The summed E-state index contributed by atoms with van der Waals surface area (Å²) in [6.07, 6.45) is 2.14. The van der Waals surface area contributed by atoms with E-state index in [-0.39, 0.29) is 17.6 Å². The fourth-order valence-corrected chi connectivity index (χ4v) is 3.10. The van der Waals surface area contributed by atoms with E-state index in [1.807, 2.05) is 71.1 Å². The smallest absolute Gasteiger partial charge is 0.264 e. The first kappa shape index (κ1) is 16.1. The third-order valence-corrected chi connectivity index (χ3v) is 4.48. The molecule has 1 atom stereocenters. The molecule has 4 rings (SSSR count). The van der Waals surface area contributed by atoms with Crippen molar-refractivity contribution in [2.45, 2.75) is 6.42 Å². The molecule has 1 aromatic heterocycles. The molecule has 0 fully saturated rings. The normalized spacial score (nSPS) is 16.0. The van der Waals surface area contributed by atoms with Crippen molar-refractivity contribution in [3.63, 3.8) is 0 Å². The van der Waals surface area contributed by atoms with Crippen LogP contribution in [-0.2, 0) is 6.42 Å². The van der Waals surface area contributed by atoms with Gasteiger partial charge in [0.25, 0.3) is 5.89 Å². The molecule has 0 radical (unpaired) electrons. The summed E-state index contributed by atoms with van der Waals surface area (Å²) in [4.78, 5) is 16.5. The van der Waals surface area contributed by atoms with E-state index in [1.165, 1.54) is 0 Å². The molecule has 0 unspecified atom stereocenters. The standard InChI is InChI=1S/C19H14INO4/c20-17-10-21-19(25-17)18(22)13-8-12-6-7-15(9-16(12)23-11-13)24-14-4-2-1-3-5-14/h1-7,9-10,13H,8,11H2/t13-/m1/s1. The Balaban J connectivity index is 1.49. The molecule has 0 spiro atoms. The number of benzene rings is 2. The molecular weight excluding hydrogens is 433 g/mol. The molecule has 0 N–H and O–H groups in total. The van der Waals surface area contributed by atoms with E-state index < -0.39 is 0 Å². The van der Waals surface area contributed by atoms with Crippen molar-refractivity contribution < 1.29 is 18.7 Å². The zero-order chi connectivity index (χ0) is 17.2. The lowest BCUT2D eigenvalue weighted by atomic mass is 9.93. The Hall–Kier alpha value is -2.35. The van der Waals surface area contributed by atoms with Crippen LogP contribution in [0, 0.1) is 9.68 Å². The first-order valence-corrected chi connectivity index (χ1v) is 8.91. The number of halogens is 1. The molecule has 126 valence electrons. The number of hydrogen-bond donors (Lipinski definition) is 0. The van der Waals surface area contributed by atoms with Gasteiger partial charge < -0.3 is 13.9 Å². The van der Waals surface area contributed by atoms with Gasteiger partial charge in [0.1, 0.15) is 17.2 Å². The van der Waals surface area contributed by atoms with Crippen molar-refractivity contribution >= 4 is 28.4 Å². The fourth-order valence-electron chi connectivity index (χ4n) is 2.75. The van der Waals surface area contributed by atoms with Crippen LogP contribution in [0.2, 0.25) is 0 Å². The third-order valence-electron chi connectivity index (χ3n) is 3.98. The van der Waals surface area contributed by atoms with Crippen molar-refractivity contribution in [1.29, 1.82) is 0 Å². The van der Waals surface area contributed by atoms with E-state index in [0.717, 1.165) is 17.1 Å². The van der Waals surface area contributed by atoms with Crippen LogP contribution in [0.25, 0.3) is 0 Å². The molecule has 1 aliphatic rings. The van der Waals surface area contributed by atoms with Gasteiger partial charge in [0.15, 0.2) is 3.77 Å². The number of oxazole rings is 1. The van der Waals surface area contributed by atoms with Crippen LogP contribution in [-0.4, -0.2) is 17.4 Å². The van der Waals surface area contributed by atoms with Gasteiger partial charge in [0.05, 0.1) is 18.7 Å². The number of rotatable bonds is 4. The highest BCUT2D eigenvalue weighted by molar-refractivity contribution is 14.1. The van der Waals surface area contributed by atoms with Gasteiger partial charge in [0, 0.05) is 28.7 Å². The lowest BCUT2D eigenvalue weighted by molar-refractivity contribution is 0.0817. The van der Waals surface area contributed by atoms with E-state index >= 15 is 0 Å². The summed E-state index contributed by atoms with van der Waals surface area (Å²) in [5.41, 5.74) is 0.978. The minimum atomic E-state index is -0.289. The van der Waals surface area contributed by atoms with Crippen molar-refractivity contribution in [3.05, 3.63) is 69.9 Å². The molecule has 0 aliphatic carbocycles. The Morgan fingerprint density at radius 1 is 1.16 bits per heavy atom. The second-order valence-corrected chi connectivity index (χ2v) is 6.79. The van der Waals surface area contributed by atoms with Gasteiger partial charge in [-0.3, -0.25) is 4.79 Å². The zero-order valence-corrected chi connectivity index (χ0v) is 15.3. The summed E-state index contributed by atoms with van der Waals surface area (Å²) in [5, 5.41) is 0. The number of ketones is 1. The number of aromatic nitrogens is 1. The van der Waals surface area contributed by atoms with E-state index in [4.69, 9.17) is 13.9 Å². The van der Waals surface area contributed by atoms with Crippen molar-refractivity contribution in [3.8, 4) is 17.2 Å². The molecule has 1 aliphatic heterocycles. The summed E-state index contributed by atoms with van der Waals surface area (Å²) in [5.74, 6) is 1.95. The second-order valence-electron chi connectivity index (χ2n) is 5.73. The number of para-hydroxylation sites is 1. The number of fused-ring (bicyclic) bond motifs is 1. The molecule has 5 nitrogen and oxygen atoms in total. The SMILES string of the molecule is O=C(c1ncc(I)o1)[C@H]1COc2cc(Oc3ccccc3)ccc2C1. The van der Waals surface area contributed by atoms with Gasteiger partial charge in [-0.1, -0.05) is 24.3 Å². The highest BCUT2D eigenvalue weighted by atomic mass is 127. The molecule has 0 saturated heterocycles. The van der Waals surface area contributed by atoms with Gasteiger partial charge >= 0.3 is 0 Å². The number of hydrogen-bond acceptors (Lipinski definition) is 5. The second kappa shape index (κ2) is 6.87. The van der Waals surface area contributed by atoms with Crippen LogP contribution >= 0.6 is 22.6 Å². The molecule has 25 heavy (non-hydrogen) atoms. The van der Waals surface area contributed by atoms with Crippen LogP contribution < -0.4 is 9.47 Å². The number of nitrogens with zero attached hydrogens (tertiary/aromatic N) is 1. The van der Waals surface area contributed by atoms with Crippen molar-refractivity contribution in [1.82, 2.24) is 4.98 Å². The average molecular weight is 447 g/mol. The van der Waals surface area contributed by atoms with E-state index in [2.05, 4.69) is 4.98 Å². The lowest BCUT2D eigenvalue weighted by Gasteiger charge is -2.24. The van der Waals surface area contributed by atoms with Crippen LogP contribution in [0.5, 0.6) is 17.2 Å². The van der Waals surface area contributed by atoms with Gasteiger partial charge in [0.2, 0.25) is 5.78 Å². The minimum absolute atomic E-state index is 0.127. The van der Waals surface area contributed by atoms with Crippen LogP contribution in [0.1, 0.15) is 16.2 Å². The molecule has 0 amide bonds. The third kappa shape index (κ3) is 3.53. The molecule has 0 bridgehead atoms. The van der Waals surface area contributed by atoms with Gasteiger partial charge in [-0.25, -0.2) is 4.98 Å². The van der Waals surface area contributed by atoms with E-state index in [9.17, 15) is 4.79 Å². The van der Waals surface area contributed by atoms with Gasteiger partial charge in [-0.2, -0.15) is 0 Å². The minimum Gasteiger partial charge on any atom is -0.492 e. The Labute approximate surface area is 158 Å². The summed E-state index contributed by atoms with van der Waals surface area (Å²) in [7, 11) is 0. The molecule has 3 aromatic rings. The molecule has 6 heteroatoms. The summed E-state index contributed by atoms with van der Waals surface area (Å²) in [6, 6.07) is 15.3. The Morgan fingerprint density at radius 3 is 2.76 bits per heavy atom. The van der Waals surface area contributed by atoms with E-state index in [0.29, 0.717) is 22.5 Å². The molecular formula is C19H14INO4. The monoisotopic (exact) mass is 447 g/mol. The number of ether oxygens (including phenoxy) is 2. The van der Waals surface area contributed by atoms with E-state index in [1.54, 1.807) is 6.20 Å². The lowest BCUT2D eigenvalue weighted by Crippen LogP contribution is -2.28. The quantitative estimate of drug-likeness (QED) is 0.435. The maximum Gasteiger partial charge on any atom is 0.264 e. The number of Topliss-reactive ketones (excluding diaryl/α,β-unsaturated/α-hetero) is 1. The fraction of sp³-hybridized carbons (Fsp3) is 0.158. The van der Waals surface area contributed by atoms with Crippen molar-refractivity contribution in [2.75, 3.05) is 6.61 Å².